The predicted octanol–water partition coefficient (Wildman–Crippen LogP) is 3.83. The second-order valence-electron chi connectivity index (χ2n) is 8.15. The van der Waals surface area contributed by atoms with Crippen molar-refractivity contribution in [2.45, 2.75) is 42.9 Å². The van der Waals surface area contributed by atoms with E-state index in [1.165, 1.54) is 23.1 Å². The monoisotopic (exact) mass is 525 g/mol. The van der Waals surface area contributed by atoms with E-state index in [1.807, 2.05) is 0 Å². The normalized spacial score (nSPS) is 15.8. The molecule has 4 heterocycles. The van der Waals surface area contributed by atoms with E-state index in [2.05, 4.69) is 10.3 Å². The van der Waals surface area contributed by atoms with E-state index in [4.69, 9.17) is 20.8 Å². The summed E-state index contributed by atoms with van der Waals surface area (Å²) in [6, 6.07) is 4.80. The largest absolute Gasteiger partial charge is 0.468 e. The molecule has 3 aromatic rings. The van der Waals surface area contributed by atoms with Crippen LogP contribution in [0.25, 0.3) is 0 Å². The van der Waals surface area contributed by atoms with E-state index in [1.54, 1.807) is 19.1 Å². The topological polar surface area (TPSA) is 121 Å². The average molecular weight is 526 g/mol. The van der Waals surface area contributed by atoms with Crippen LogP contribution in [0.15, 0.2) is 50.8 Å². The third-order valence-electron chi connectivity index (χ3n) is 5.73. The van der Waals surface area contributed by atoms with Gasteiger partial charge in [-0.1, -0.05) is 22.9 Å². The number of rotatable bonds is 8. The Morgan fingerprint density at radius 2 is 2.12 bits per heavy atom. The number of thiazole rings is 1. The first kappa shape index (κ1) is 24.6. The lowest BCUT2D eigenvalue weighted by atomic mass is 9.91. The molecule has 1 amide bonds. The van der Waals surface area contributed by atoms with Gasteiger partial charge < -0.3 is 19.0 Å². The number of aryl methyl sites for hydroxylation is 1. The Balaban J connectivity index is 1.66. The van der Waals surface area contributed by atoms with Crippen LogP contribution in [0.5, 0.6) is 0 Å². The molecule has 4 rings (SSSR count). The molecule has 1 atom stereocenters. The van der Waals surface area contributed by atoms with Crippen LogP contribution in [0.2, 0.25) is 4.34 Å². The zero-order valence-corrected chi connectivity index (χ0v) is 20.8. The van der Waals surface area contributed by atoms with Gasteiger partial charge in [-0.15, -0.1) is 0 Å². The van der Waals surface area contributed by atoms with Crippen molar-refractivity contribution in [3.05, 3.63) is 62.9 Å². The smallest absolute Gasteiger partial charge is 0.252 e. The van der Waals surface area contributed by atoms with Crippen LogP contribution in [0.4, 0.5) is 5.13 Å². The molecule has 0 bridgehead atoms. The van der Waals surface area contributed by atoms with Crippen LogP contribution in [0.1, 0.15) is 36.8 Å². The fraction of sp³-hybridized carbons (Fsp3) is 0.409. The lowest BCUT2D eigenvalue weighted by Crippen LogP contribution is -2.37. The molecule has 1 fully saturated rings. The molecule has 9 nitrogen and oxygen atoms in total. The first-order valence-electron chi connectivity index (χ1n) is 10.7. The van der Waals surface area contributed by atoms with Crippen molar-refractivity contribution in [2.24, 2.45) is 5.92 Å². The Kier molecular flexibility index (Phi) is 7.56. The molecule has 0 aromatic carbocycles. The van der Waals surface area contributed by atoms with Gasteiger partial charge in [0.15, 0.2) is 15.0 Å². The fourth-order valence-corrected chi connectivity index (χ4v) is 6.21. The summed E-state index contributed by atoms with van der Waals surface area (Å²) in [5.41, 5.74) is -0.197. The predicted molar refractivity (Wildman–Crippen MR) is 128 cm³/mol. The van der Waals surface area contributed by atoms with E-state index in [0.29, 0.717) is 34.8 Å². The summed E-state index contributed by atoms with van der Waals surface area (Å²) in [4.78, 5) is 30.4. The van der Waals surface area contributed by atoms with E-state index in [9.17, 15) is 18.0 Å². The van der Waals surface area contributed by atoms with E-state index in [0.717, 1.165) is 30.2 Å². The number of halogens is 1. The lowest BCUT2D eigenvalue weighted by molar-refractivity contribution is -0.120. The number of hydrogen-bond acceptors (Lipinski definition) is 8. The number of carbonyl (C=O) groups excluding carboxylic acids is 1. The molecule has 182 valence electrons. The number of amides is 1. The summed E-state index contributed by atoms with van der Waals surface area (Å²) < 4.78 is 38.1. The van der Waals surface area contributed by atoms with Crippen molar-refractivity contribution >= 4 is 43.8 Å². The van der Waals surface area contributed by atoms with Crippen LogP contribution in [-0.4, -0.2) is 37.1 Å². The van der Waals surface area contributed by atoms with E-state index < -0.39 is 27.3 Å². The number of furan rings is 1. The summed E-state index contributed by atoms with van der Waals surface area (Å²) >= 11 is 7.05. The van der Waals surface area contributed by atoms with Crippen LogP contribution in [0, 0.1) is 12.8 Å². The number of nitrogens with zero attached hydrogens (tertiary/aromatic N) is 2. The van der Waals surface area contributed by atoms with Crippen LogP contribution < -0.4 is 10.9 Å². The fourth-order valence-electron chi connectivity index (χ4n) is 4.05. The molecule has 0 radical (unpaired) electrons. The SMILES string of the molecule is Cc1cc(S(=O)(=O)Cc2ccco2)cc(=O)n1[C@H](CC1CCOCC1)C(=O)Nc1ncc(Cl)s1. The molecule has 0 saturated carbocycles. The van der Waals surface area contributed by atoms with Gasteiger partial charge in [0.05, 0.1) is 17.4 Å². The zero-order chi connectivity index (χ0) is 24.3. The van der Waals surface area contributed by atoms with Gasteiger partial charge in [0.2, 0.25) is 5.91 Å². The maximum Gasteiger partial charge on any atom is 0.252 e. The highest BCUT2D eigenvalue weighted by Crippen LogP contribution is 2.29. The lowest BCUT2D eigenvalue weighted by Gasteiger charge is -2.28. The van der Waals surface area contributed by atoms with E-state index in [-0.39, 0.29) is 22.3 Å². The second-order valence-corrected chi connectivity index (χ2v) is 11.8. The number of nitrogens with one attached hydrogen (secondary N) is 1. The van der Waals surface area contributed by atoms with Crippen molar-refractivity contribution in [1.29, 1.82) is 0 Å². The Labute approximate surface area is 205 Å². The van der Waals surface area contributed by atoms with Gasteiger partial charge in [-0.05, 0) is 50.3 Å². The minimum absolute atomic E-state index is 0.112. The Hall–Kier alpha value is -2.47. The van der Waals surface area contributed by atoms with Crippen LogP contribution >= 0.6 is 22.9 Å². The molecule has 1 saturated heterocycles. The third kappa shape index (κ3) is 5.77. The number of carbonyl (C=O) groups is 1. The molecular weight excluding hydrogens is 502 g/mol. The highest BCUT2D eigenvalue weighted by molar-refractivity contribution is 7.90. The van der Waals surface area contributed by atoms with Crippen molar-refractivity contribution < 1.29 is 22.4 Å². The van der Waals surface area contributed by atoms with Gasteiger partial charge in [-0.2, -0.15) is 0 Å². The molecule has 12 heteroatoms. The summed E-state index contributed by atoms with van der Waals surface area (Å²) in [5, 5.41) is 3.07. The van der Waals surface area contributed by atoms with E-state index >= 15 is 0 Å². The van der Waals surface area contributed by atoms with Crippen molar-refractivity contribution in [3.8, 4) is 0 Å². The molecule has 0 unspecified atom stereocenters. The maximum absolute atomic E-state index is 13.3. The van der Waals surface area contributed by atoms with Crippen LogP contribution in [0.3, 0.4) is 0 Å². The van der Waals surface area contributed by atoms with Gasteiger partial charge in [0.1, 0.15) is 21.9 Å². The quantitative estimate of drug-likeness (QED) is 0.474. The van der Waals surface area contributed by atoms with Gasteiger partial charge >= 0.3 is 0 Å². The number of sulfone groups is 1. The van der Waals surface area contributed by atoms with Gasteiger partial charge in [0, 0.05) is 25.0 Å². The standard InChI is InChI=1S/C22H24ClN3O6S2/c1-14-9-17(34(29,30)13-16-3-2-6-32-16)11-20(27)26(14)18(10-15-4-7-31-8-5-15)21(28)25-22-24-12-19(23)33-22/h2-3,6,9,11-12,15,18H,4-5,7-8,10,13H2,1H3,(H,24,25,28)/t18-/m1/s1. The molecule has 1 aliphatic rings. The number of ether oxygens (including phenoxy) is 1. The van der Waals surface area contributed by atoms with Crippen LogP contribution in [-0.2, 0) is 25.1 Å². The maximum atomic E-state index is 13.3. The molecular formula is C22H24ClN3O6S2. The molecule has 0 aliphatic carbocycles. The minimum atomic E-state index is -3.81. The van der Waals surface area contributed by atoms with Crippen molar-refractivity contribution in [1.82, 2.24) is 9.55 Å². The summed E-state index contributed by atoms with van der Waals surface area (Å²) in [5.74, 6) is -0.313. The third-order valence-corrected chi connectivity index (χ3v) is 8.37. The molecule has 34 heavy (non-hydrogen) atoms. The Morgan fingerprint density at radius 1 is 1.35 bits per heavy atom. The first-order valence-corrected chi connectivity index (χ1v) is 13.6. The number of anilines is 1. The Bertz CT molecular complexity index is 1310. The van der Waals surface area contributed by atoms with Crippen molar-refractivity contribution in [2.75, 3.05) is 18.5 Å². The van der Waals surface area contributed by atoms with Gasteiger partial charge in [-0.25, -0.2) is 13.4 Å². The number of aromatic nitrogens is 2. The van der Waals surface area contributed by atoms with Gasteiger partial charge in [0.25, 0.3) is 5.56 Å². The highest BCUT2D eigenvalue weighted by Gasteiger charge is 2.30. The molecule has 0 spiro atoms. The Morgan fingerprint density at radius 3 is 2.74 bits per heavy atom. The molecule has 3 aromatic heterocycles. The molecule has 1 aliphatic heterocycles. The highest BCUT2D eigenvalue weighted by atomic mass is 35.5. The van der Waals surface area contributed by atoms with Gasteiger partial charge in [-0.3, -0.25) is 9.59 Å². The number of hydrogen-bond donors (Lipinski definition) is 1. The molecule has 1 N–H and O–H groups in total. The zero-order valence-electron chi connectivity index (χ0n) is 18.4. The summed E-state index contributed by atoms with van der Waals surface area (Å²) in [6.07, 6.45) is 4.79. The average Bonchev–Trinajstić information content (AvgIpc) is 3.44. The van der Waals surface area contributed by atoms with Crippen molar-refractivity contribution in [3.63, 3.8) is 0 Å². The summed E-state index contributed by atoms with van der Waals surface area (Å²) in [7, 11) is -3.81. The minimum Gasteiger partial charge on any atom is -0.468 e. The number of pyridine rings is 1. The summed E-state index contributed by atoms with van der Waals surface area (Å²) in [6.45, 7) is 2.82. The second kappa shape index (κ2) is 10.4. The first-order chi connectivity index (χ1) is 16.2.